The van der Waals surface area contributed by atoms with E-state index in [0.717, 1.165) is 0 Å². The van der Waals surface area contributed by atoms with Crippen LogP contribution in [0.5, 0.6) is 0 Å². The van der Waals surface area contributed by atoms with Crippen LogP contribution >= 0.6 is 0 Å². The molecule has 8 heteroatoms. The molecule has 7 nitrogen and oxygen atoms in total. The van der Waals surface area contributed by atoms with Crippen LogP contribution in [0, 0.1) is 0 Å². The Morgan fingerprint density at radius 2 is 2.39 bits per heavy atom. The van der Waals surface area contributed by atoms with E-state index < -0.39 is 18.5 Å². The highest BCUT2D eigenvalue weighted by molar-refractivity contribution is 5.81. The number of aromatic nitrogens is 4. The lowest BCUT2D eigenvalue weighted by atomic mass is 10.1. The van der Waals surface area contributed by atoms with Crippen LogP contribution in [0.2, 0.25) is 0 Å². The predicted octanol–water partition coefficient (Wildman–Crippen LogP) is 0.0280. The average molecular weight is 253 g/mol. The number of ether oxygens (including phenoxy) is 1. The topological polar surface area (TPSA) is 99.1 Å². The van der Waals surface area contributed by atoms with Gasteiger partial charge in [-0.2, -0.15) is 0 Å². The summed E-state index contributed by atoms with van der Waals surface area (Å²) in [5.74, 6) is 0.269. The van der Waals surface area contributed by atoms with Crippen LogP contribution in [-0.4, -0.2) is 43.5 Å². The van der Waals surface area contributed by atoms with Gasteiger partial charge in [-0.05, 0) is 0 Å². The zero-order chi connectivity index (χ0) is 12.8. The number of fused-ring (bicyclic) bond motifs is 1. The zero-order valence-corrected chi connectivity index (χ0v) is 9.45. The SMILES string of the molecule is Nc1ncnc2c1ncn2[C@@H]1C[C@](F)(CO)CO1. The summed E-state index contributed by atoms with van der Waals surface area (Å²) in [6.45, 7) is -0.707. The summed E-state index contributed by atoms with van der Waals surface area (Å²) in [4.78, 5) is 12.0. The van der Waals surface area contributed by atoms with Gasteiger partial charge in [0.25, 0.3) is 0 Å². The lowest BCUT2D eigenvalue weighted by Gasteiger charge is -2.14. The maximum atomic E-state index is 13.9. The molecule has 2 aromatic heterocycles. The molecule has 0 bridgehead atoms. The quantitative estimate of drug-likeness (QED) is 0.783. The van der Waals surface area contributed by atoms with E-state index in [9.17, 15) is 4.39 Å². The fourth-order valence-electron chi connectivity index (χ4n) is 2.05. The second kappa shape index (κ2) is 3.85. The molecule has 1 aliphatic rings. The van der Waals surface area contributed by atoms with Gasteiger partial charge in [0.05, 0.1) is 19.5 Å². The Balaban J connectivity index is 1.99. The molecule has 1 saturated heterocycles. The second-order valence-corrected chi connectivity index (χ2v) is 4.36. The standard InChI is InChI=1S/C10H12FN5O2/c11-10(2-17)1-6(18-3-10)16-5-15-7-8(12)13-4-14-9(7)16/h4-6,17H,1-3H2,(H2,12,13,14)/t6-,10-/m0/s1. The molecule has 0 spiro atoms. The van der Waals surface area contributed by atoms with E-state index in [4.69, 9.17) is 15.6 Å². The number of alkyl halides is 1. The van der Waals surface area contributed by atoms with Gasteiger partial charge < -0.3 is 15.6 Å². The Bertz CT molecular complexity index is 589. The number of nitrogens with zero attached hydrogens (tertiary/aromatic N) is 4. The smallest absolute Gasteiger partial charge is 0.167 e. The van der Waals surface area contributed by atoms with Gasteiger partial charge in [-0.1, -0.05) is 0 Å². The molecule has 2 atom stereocenters. The molecule has 0 aromatic carbocycles. The van der Waals surface area contributed by atoms with Crippen molar-refractivity contribution in [2.45, 2.75) is 18.3 Å². The van der Waals surface area contributed by atoms with Crippen molar-refractivity contribution >= 4 is 17.0 Å². The van der Waals surface area contributed by atoms with E-state index in [1.807, 2.05) is 0 Å². The van der Waals surface area contributed by atoms with Crippen LogP contribution in [0.1, 0.15) is 12.6 Å². The van der Waals surface area contributed by atoms with Gasteiger partial charge in [0.15, 0.2) is 17.1 Å². The highest BCUT2D eigenvalue weighted by Crippen LogP contribution is 2.35. The molecular formula is C10H12FN5O2. The van der Waals surface area contributed by atoms with E-state index in [2.05, 4.69) is 15.0 Å². The summed E-state index contributed by atoms with van der Waals surface area (Å²) in [6, 6.07) is 0. The highest BCUT2D eigenvalue weighted by Gasteiger charge is 2.41. The maximum Gasteiger partial charge on any atom is 0.167 e. The van der Waals surface area contributed by atoms with Crippen molar-refractivity contribution in [3.05, 3.63) is 12.7 Å². The van der Waals surface area contributed by atoms with E-state index >= 15 is 0 Å². The average Bonchev–Trinajstić information content (AvgIpc) is 2.94. The van der Waals surface area contributed by atoms with Gasteiger partial charge in [-0.3, -0.25) is 4.57 Å². The highest BCUT2D eigenvalue weighted by atomic mass is 19.1. The largest absolute Gasteiger partial charge is 0.393 e. The first-order valence-corrected chi connectivity index (χ1v) is 5.47. The van der Waals surface area contributed by atoms with E-state index in [-0.39, 0.29) is 18.8 Å². The fraction of sp³-hybridized carbons (Fsp3) is 0.500. The Morgan fingerprint density at radius 3 is 3.11 bits per heavy atom. The number of anilines is 1. The number of aliphatic hydroxyl groups is 1. The normalized spacial score (nSPS) is 28.0. The summed E-state index contributed by atoms with van der Waals surface area (Å²) in [6.07, 6.45) is 2.32. The third-order valence-electron chi connectivity index (χ3n) is 3.06. The van der Waals surface area contributed by atoms with Crippen LogP contribution in [0.3, 0.4) is 0 Å². The first kappa shape index (κ1) is 11.3. The minimum Gasteiger partial charge on any atom is -0.393 e. The molecule has 0 radical (unpaired) electrons. The zero-order valence-electron chi connectivity index (χ0n) is 9.45. The second-order valence-electron chi connectivity index (χ2n) is 4.36. The Hall–Kier alpha value is -1.80. The van der Waals surface area contributed by atoms with Crippen molar-refractivity contribution in [1.29, 1.82) is 0 Å². The Morgan fingerprint density at radius 1 is 1.56 bits per heavy atom. The molecule has 3 heterocycles. The number of aliphatic hydroxyl groups excluding tert-OH is 1. The summed E-state index contributed by atoms with van der Waals surface area (Å²) >= 11 is 0. The van der Waals surface area contributed by atoms with E-state index in [0.29, 0.717) is 11.2 Å². The number of hydrogen-bond donors (Lipinski definition) is 2. The minimum absolute atomic E-state index is 0.0544. The van der Waals surface area contributed by atoms with Crippen LogP contribution in [0.15, 0.2) is 12.7 Å². The first-order chi connectivity index (χ1) is 8.63. The number of hydrogen-bond acceptors (Lipinski definition) is 6. The van der Waals surface area contributed by atoms with Crippen LogP contribution < -0.4 is 5.73 Å². The Kier molecular flexibility index (Phi) is 2.42. The number of halogens is 1. The van der Waals surface area contributed by atoms with Crippen molar-refractivity contribution < 1.29 is 14.2 Å². The Labute approximate surface area is 101 Å². The van der Waals surface area contributed by atoms with Gasteiger partial charge in [0, 0.05) is 6.42 Å². The number of rotatable bonds is 2. The van der Waals surface area contributed by atoms with Gasteiger partial charge in [0.2, 0.25) is 0 Å². The molecule has 1 fully saturated rings. The molecule has 2 aromatic rings. The van der Waals surface area contributed by atoms with Crippen LogP contribution in [0.25, 0.3) is 11.2 Å². The van der Waals surface area contributed by atoms with Crippen molar-refractivity contribution in [2.24, 2.45) is 0 Å². The summed E-state index contributed by atoms with van der Waals surface area (Å²) < 4.78 is 20.8. The van der Waals surface area contributed by atoms with Crippen LogP contribution in [-0.2, 0) is 4.74 Å². The third kappa shape index (κ3) is 1.61. The number of nitrogens with two attached hydrogens (primary N) is 1. The minimum atomic E-state index is -1.71. The van der Waals surface area contributed by atoms with Crippen molar-refractivity contribution in [2.75, 3.05) is 18.9 Å². The fourth-order valence-corrected chi connectivity index (χ4v) is 2.05. The molecule has 0 unspecified atom stereocenters. The summed E-state index contributed by atoms with van der Waals surface area (Å²) in [5, 5.41) is 8.97. The van der Waals surface area contributed by atoms with Gasteiger partial charge >= 0.3 is 0 Å². The number of nitrogen functional groups attached to an aromatic ring is 1. The first-order valence-electron chi connectivity index (χ1n) is 5.47. The molecular weight excluding hydrogens is 241 g/mol. The number of imidazole rings is 1. The maximum absolute atomic E-state index is 13.9. The summed E-state index contributed by atoms with van der Waals surface area (Å²) in [7, 11) is 0. The molecule has 1 aliphatic heterocycles. The lowest BCUT2D eigenvalue weighted by Crippen LogP contribution is -2.27. The van der Waals surface area contributed by atoms with Gasteiger partial charge in [0.1, 0.15) is 18.1 Å². The molecule has 96 valence electrons. The van der Waals surface area contributed by atoms with Gasteiger partial charge in [-0.15, -0.1) is 0 Å². The van der Waals surface area contributed by atoms with Crippen molar-refractivity contribution in [3.63, 3.8) is 0 Å². The molecule has 0 amide bonds. The predicted molar refractivity (Wildman–Crippen MR) is 60.3 cm³/mol. The van der Waals surface area contributed by atoms with Gasteiger partial charge in [-0.25, -0.2) is 19.3 Å². The van der Waals surface area contributed by atoms with Crippen molar-refractivity contribution in [3.8, 4) is 0 Å². The van der Waals surface area contributed by atoms with Crippen LogP contribution in [0.4, 0.5) is 10.2 Å². The summed E-state index contributed by atoms with van der Waals surface area (Å²) in [5.41, 5.74) is 4.91. The monoisotopic (exact) mass is 253 g/mol. The molecule has 0 aliphatic carbocycles. The molecule has 3 N–H and O–H groups in total. The van der Waals surface area contributed by atoms with E-state index in [1.165, 1.54) is 12.7 Å². The van der Waals surface area contributed by atoms with Crippen molar-refractivity contribution in [1.82, 2.24) is 19.5 Å². The molecule has 3 rings (SSSR count). The molecule has 0 saturated carbocycles. The van der Waals surface area contributed by atoms with E-state index in [1.54, 1.807) is 4.57 Å². The lowest BCUT2D eigenvalue weighted by molar-refractivity contribution is 0.0302. The third-order valence-corrected chi connectivity index (χ3v) is 3.06. The molecule has 18 heavy (non-hydrogen) atoms.